The number of nitrogens with one attached hydrogen (secondary N) is 2. The summed E-state index contributed by atoms with van der Waals surface area (Å²) in [4.78, 5) is 29.1. The third kappa shape index (κ3) is 6.49. The van der Waals surface area contributed by atoms with Crippen molar-refractivity contribution in [2.45, 2.75) is 40.2 Å². The van der Waals surface area contributed by atoms with Gasteiger partial charge in [0.25, 0.3) is 5.91 Å². The summed E-state index contributed by atoms with van der Waals surface area (Å²) in [5.74, 6) is 0.477. The van der Waals surface area contributed by atoms with E-state index < -0.39 is 5.82 Å². The molecule has 3 unspecified atom stereocenters. The smallest absolute Gasteiger partial charge is 0.251 e. The molecule has 0 bridgehead atoms. The number of carbonyl (C=O) groups is 2. The van der Waals surface area contributed by atoms with Crippen LogP contribution < -0.4 is 10.6 Å². The Kier molecular flexibility index (Phi) is 8.14. The van der Waals surface area contributed by atoms with Crippen molar-refractivity contribution < 1.29 is 14.0 Å². The molecule has 32 heavy (non-hydrogen) atoms. The minimum Gasteiger partial charge on any atom is -0.352 e. The predicted molar refractivity (Wildman–Crippen MR) is 123 cm³/mol. The fourth-order valence-corrected chi connectivity index (χ4v) is 4.45. The number of rotatable bonds is 8. The fraction of sp³-hybridized carbons (Fsp3) is 0.423. The molecule has 5 nitrogen and oxygen atoms in total. The van der Waals surface area contributed by atoms with Crippen LogP contribution in [0.4, 0.5) is 4.39 Å². The van der Waals surface area contributed by atoms with E-state index in [-0.39, 0.29) is 23.7 Å². The van der Waals surface area contributed by atoms with E-state index in [0.29, 0.717) is 36.9 Å². The maximum atomic E-state index is 13.4. The van der Waals surface area contributed by atoms with Gasteiger partial charge in [-0.1, -0.05) is 37.6 Å². The zero-order valence-corrected chi connectivity index (χ0v) is 19.0. The van der Waals surface area contributed by atoms with Crippen molar-refractivity contribution in [1.82, 2.24) is 15.6 Å². The lowest BCUT2D eigenvalue weighted by Crippen LogP contribution is -2.37. The molecule has 1 aromatic heterocycles. The molecule has 0 aliphatic heterocycles. The van der Waals surface area contributed by atoms with Crippen LogP contribution in [0.3, 0.4) is 0 Å². The lowest BCUT2D eigenvalue weighted by molar-refractivity contribution is -0.122. The summed E-state index contributed by atoms with van der Waals surface area (Å²) in [6.07, 6.45) is 7.03. The number of aromatic nitrogens is 1. The molecule has 0 saturated heterocycles. The number of carbonyl (C=O) groups excluding carboxylic acids is 2. The van der Waals surface area contributed by atoms with Crippen LogP contribution in [0.15, 0.2) is 60.4 Å². The molecule has 0 fully saturated rings. The molecule has 0 spiro atoms. The second-order valence-electron chi connectivity index (χ2n) is 8.98. The minimum atomic E-state index is -0.421. The van der Waals surface area contributed by atoms with E-state index in [1.807, 2.05) is 12.1 Å². The molecular weight excluding hydrogens is 405 g/mol. The van der Waals surface area contributed by atoms with Crippen molar-refractivity contribution >= 4 is 11.8 Å². The lowest BCUT2D eigenvalue weighted by atomic mass is 9.69. The van der Waals surface area contributed by atoms with Crippen molar-refractivity contribution in [2.75, 3.05) is 6.54 Å². The number of amides is 2. The Bertz CT molecular complexity index is 959. The molecule has 0 saturated carbocycles. The molecule has 2 aromatic rings. The summed E-state index contributed by atoms with van der Waals surface area (Å²) >= 11 is 0. The Morgan fingerprint density at radius 1 is 1.19 bits per heavy atom. The zero-order valence-electron chi connectivity index (χ0n) is 19.0. The van der Waals surface area contributed by atoms with Crippen LogP contribution in [-0.4, -0.2) is 23.3 Å². The van der Waals surface area contributed by atoms with Gasteiger partial charge in [0.1, 0.15) is 5.82 Å². The molecule has 3 atom stereocenters. The number of pyridine rings is 1. The first-order chi connectivity index (χ1) is 15.3. The molecule has 1 aromatic carbocycles. The molecule has 170 valence electrons. The Morgan fingerprint density at radius 2 is 2.00 bits per heavy atom. The van der Waals surface area contributed by atoms with Crippen LogP contribution in [0.1, 0.15) is 49.5 Å². The molecule has 3 rings (SSSR count). The van der Waals surface area contributed by atoms with E-state index in [9.17, 15) is 14.0 Å². The highest BCUT2D eigenvalue weighted by Gasteiger charge is 2.32. The van der Waals surface area contributed by atoms with Gasteiger partial charge >= 0.3 is 0 Å². The number of benzene rings is 1. The first kappa shape index (κ1) is 23.6. The summed E-state index contributed by atoms with van der Waals surface area (Å²) in [7, 11) is 0. The van der Waals surface area contributed by atoms with Crippen LogP contribution >= 0.6 is 0 Å². The van der Waals surface area contributed by atoms with E-state index in [1.165, 1.54) is 23.8 Å². The molecule has 2 N–H and O–H groups in total. The van der Waals surface area contributed by atoms with Crippen LogP contribution in [0.5, 0.6) is 0 Å². The maximum absolute atomic E-state index is 13.4. The van der Waals surface area contributed by atoms with Crippen LogP contribution in [0.2, 0.25) is 0 Å². The maximum Gasteiger partial charge on any atom is 0.251 e. The molecule has 1 heterocycles. The van der Waals surface area contributed by atoms with Gasteiger partial charge in [0.15, 0.2) is 0 Å². The number of hydrogen-bond donors (Lipinski definition) is 2. The standard InChI is InChI=1S/C26H32FN3O2/c1-17(2)24-12-21(13-25(31)29-15-19-6-5-9-28-14-19)18(3)10-22(24)16-30-26(32)20-7-4-8-23(27)11-20/h4-11,14,17,21-22,24H,12-13,15-16H2,1-3H3,(H,29,31)(H,30,32). The van der Waals surface area contributed by atoms with E-state index in [1.54, 1.807) is 18.5 Å². The average Bonchev–Trinajstić information content (AvgIpc) is 2.78. The zero-order chi connectivity index (χ0) is 23.1. The van der Waals surface area contributed by atoms with Gasteiger partial charge in [-0.2, -0.15) is 0 Å². The number of nitrogens with zero attached hydrogens (tertiary/aromatic N) is 1. The van der Waals surface area contributed by atoms with Crippen molar-refractivity contribution in [3.8, 4) is 0 Å². The third-order valence-electron chi connectivity index (χ3n) is 6.31. The summed E-state index contributed by atoms with van der Waals surface area (Å²) in [5.41, 5.74) is 2.49. The highest BCUT2D eigenvalue weighted by Crippen LogP contribution is 2.38. The van der Waals surface area contributed by atoms with E-state index in [2.05, 4.69) is 42.5 Å². The van der Waals surface area contributed by atoms with Crippen LogP contribution in [-0.2, 0) is 11.3 Å². The number of halogens is 1. The monoisotopic (exact) mass is 437 g/mol. The van der Waals surface area contributed by atoms with Gasteiger partial charge in [-0.25, -0.2) is 4.39 Å². The van der Waals surface area contributed by atoms with Gasteiger partial charge in [0.05, 0.1) is 0 Å². The van der Waals surface area contributed by atoms with E-state index in [4.69, 9.17) is 0 Å². The Balaban J connectivity index is 1.59. The fourth-order valence-electron chi connectivity index (χ4n) is 4.45. The number of allylic oxidation sites excluding steroid dienone is 1. The second-order valence-corrected chi connectivity index (χ2v) is 8.98. The van der Waals surface area contributed by atoms with Crippen LogP contribution in [0.25, 0.3) is 0 Å². The SMILES string of the molecule is CC1=CC(CNC(=O)c2cccc(F)c2)C(C(C)C)CC1CC(=O)NCc1cccnc1. The highest BCUT2D eigenvalue weighted by molar-refractivity contribution is 5.94. The molecule has 0 radical (unpaired) electrons. The van der Waals surface area contributed by atoms with Gasteiger partial charge in [-0.3, -0.25) is 14.6 Å². The quantitative estimate of drug-likeness (QED) is 0.597. The lowest BCUT2D eigenvalue weighted by Gasteiger charge is -2.37. The van der Waals surface area contributed by atoms with E-state index in [0.717, 1.165) is 12.0 Å². The topological polar surface area (TPSA) is 71.1 Å². The van der Waals surface area contributed by atoms with Gasteiger partial charge in [-0.05, 0) is 66.8 Å². The predicted octanol–water partition coefficient (Wildman–Crippen LogP) is 4.51. The third-order valence-corrected chi connectivity index (χ3v) is 6.31. The number of hydrogen-bond acceptors (Lipinski definition) is 3. The Labute approximate surface area is 189 Å². The molecular formula is C26H32FN3O2. The minimum absolute atomic E-state index is 0.0342. The van der Waals surface area contributed by atoms with Gasteiger partial charge in [0.2, 0.25) is 5.91 Å². The second kappa shape index (κ2) is 11.0. The van der Waals surface area contributed by atoms with Crippen molar-refractivity contribution in [2.24, 2.45) is 23.7 Å². The normalized spacial score (nSPS) is 20.5. The molecule has 6 heteroatoms. The first-order valence-electron chi connectivity index (χ1n) is 11.2. The molecule has 1 aliphatic rings. The van der Waals surface area contributed by atoms with Crippen molar-refractivity contribution in [1.29, 1.82) is 0 Å². The average molecular weight is 438 g/mol. The molecule has 2 amide bonds. The van der Waals surface area contributed by atoms with Crippen LogP contribution in [0, 0.1) is 29.5 Å². The van der Waals surface area contributed by atoms with Gasteiger partial charge in [-0.15, -0.1) is 0 Å². The van der Waals surface area contributed by atoms with Gasteiger partial charge in [0, 0.05) is 37.5 Å². The summed E-state index contributed by atoms with van der Waals surface area (Å²) in [6, 6.07) is 9.52. The summed E-state index contributed by atoms with van der Waals surface area (Å²) < 4.78 is 13.4. The summed E-state index contributed by atoms with van der Waals surface area (Å²) in [5, 5.41) is 5.95. The Morgan fingerprint density at radius 3 is 2.69 bits per heavy atom. The van der Waals surface area contributed by atoms with Gasteiger partial charge < -0.3 is 10.6 Å². The van der Waals surface area contributed by atoms with Crippen molar-refractivity contribution in [3.05, 3.63) is 77.4 Å². The largest absolute Gasteiger partial charge is 0.352 e. The van der Waals surface area contributed by atoms with E-state index >= 15 is 0 Å². The Hall–Kier alpha value is -3.02. The first-order valence-corrected chi connectivity index (χ1v) is 11.2. The summed E-state index contributed by atoms with van der Waals surface area (Å²) in [6.45, 7) is 7.40. The highest BCUT2D eigenvalue weighted by atomic mass is 19.1. The van der Waals surface area contributed by atoms with Crippen molar-refractivity contribution in [3.63, 3.8) is 0 Å². The molecule has 1 aliphatic carbocycles.